The lowest BCUT2D eigenvalue weighted by Crippen LogP contribution is -2.37. The summed E-state index contributed by atoms with van der Waals surface area (Å²) in [7, 11) is 0. The van der Waals surface area contributed by atoms with E-state index in [2.05, 4.69) is 0 Å². The lowest BCUT2D eigenvalue weighted by molar-refractivity contribution is -0.132. The van der Waals surface area contributed by atoms with Crippen molar-refractivity contribution in [2.24, 2.45) is 0 Å². The van der Waals surface area contributed by atoms with Crippen molar-refractivity contribution < 1.29 is 14.7 Å². The molecular weight excluding hydrogens is 380 g/mol. The SMILES string of the molecule is CCN(CCO)C(=O)CCN1C(=O)/C(=C\c2ccccc2Cl)SC1=S. The number of hydrogen-bond donors (Lipinski definition) is 1. The van der Waals surface area contributed by atoms with Crippen LogP contribution in [-0.4, -0.2) is 57.3 Å². The van der Waals surface area contributed by atoms with Gasteiger partial charge in [0.25, 0.3) is 5.91 Å². The van der Waals surface area contributed by atoms with Crippen LogP contribution in [0.1, 0.15) is 18.9 Å². The number of amides is 2. The predicted molar refractivity (Wildman–Crippen MR) is 105 cm³/mol. The Bertz CT molecular complexity index is 709. The maximum Gasteiger partial charge on any atom is 0.266 e. The zero-order chi connectivity index (χ0) is 18.4. The molecule has 0 unspecified atom stereocenters. The first-order valence-corrected chi connectivity index (χ1v) is 9.46. The molecule has 1 aromatic rings. The molecule has 0 aliphatic carbocycles. The molecule has 2 rings (SSSR count). The van der Waals surface area contributed by atoms with Crippen LogP contribution in [0.2, 0.25) is 5.02 Å². The zero-order valence-electron chi connectivity index (χ0n) is 13.8. The zero-order valence-corrected chi connectivity index (χ0v) is 16.2. The quantitative estimate of drug-likeness (QED) is 0.565. The molecule has 0 atom stereocenters. The number of carbonyl (C=O) groups excluding carboxylic acids is 2. The number of aliphatic hydroxyl groups is 1. The van der Waals surface area contributed by atoms with Gasteiger partial charge in [-0.2, -0.15) is 0 Å². The number of halogens is 1. The van der Waals surface area contributed by atoms with Gasteiger partial charge >= 0.3 is 0 Å². The molecule has 0 bridgehead atoms. The first-order chi connectivity index (χ1) is 12.0. The van der Waals surface area contributed by atoms with Crippen LogP contribution in [0.4, 0.5) is 0 Å². The largest absolute Gasteiger partial charge is 0.395 e. The highest BCUT2D eigenvalue weighted by Crippen LogP contribution is 2.33. The molecule has 1 N–H and O–H groups in total. The maximum atomic E-state index is 12.6. The third-order valence-corrected chi connectivity index (χ3v) is 5.44. The van der Waals surface area contributed by atoms with Gasteiger partial charge in [-0.3, -0.25) is 14.5 Å². The second kappa shape index (κ2) is 9.33. The van der Waals surface area contributed by atoms with Gasteiger partial charge in [0.1, 0.15) is 4.32 Å². The van der Waals surface area contributed by atoms with Crippen LogP contribution in [0.15, 0.2) is 29.2 Å². The number of aliphatic hydroxyl groups excluding tert-OH is 1. The van der Waals surface area contributed by atoms with Gasteiger partial charge in [-0.25, -0.2) is 0 Å². The second-order valence-electron chi connectivity index (χ2n) is 5.30. The molecule has 1 aliphatic rings. The van der Waals surface area contributed by atoms with Crippen LogP contribution in [0.25, 0.3) is 6.08 Å². The fraction of sp³-hybridized carbons (Fsp3) is 0.353. The lowest BCUT2D eigenvalue weighted by atomic mass is 10.2. The van der Waals surface area contributed by atoms with Gasteiger partial charge in [-0.15, -0.1) is 0 Å². The minimum atomic E-state index is -0.215. The number of rotatable bonds is 7. The van der Waals surface area contributed by atoms with Crippen molar-refractivity contribution in [3.63, 3.8) is 0 Å². The highest BCUT2D eigenvalue weighted by molar-refractivity contribution is 8.26. The van der Waals surface area contributed by atoms with Crippen molar-refractivity contribution >= 4 is 57.8 Å². The number of thiocarbonyl (C=S) groups is 1. The Morgan fingerprint density at radius 1 is 1.44 bits per heavy atom. The summed E-state index contributed by atoms with van der Waals surface area (Å²) in [6, 6.07) is 7.25. The molecule has 25 heavy (non-hydrogen) atoms. The van der Waals surface area contributed by atoms with E-state index in [1.807, 2.05) is 25.1 Å². The van der Waals surface area contributed by atoms with E-state index in [1.54, 1.807) is 17.0 Å². The first kappa shape index (κ1) is 19.9. The number of carbonyl (C=O) groups is 2. The molecule has 0 aromatic heterocycles. The van der Waals surface area contributed by atoms with E-state index in [4.69, 9.17) is 28.9 Å². The molecule has 0 saturated carbocycles. The second-order valence-corrected chi connectivity index (χ2v) is 7.38. The average molecular weight is 399 g/mol. The molecule has 8 heteroatoms. The maximum absolute atomic E-state index is 12.6. The highest BCUT2D eigenvalue weighted by Gasteiger charge is 2.32. The lowest BCUT2D eigenvalue weighted by Gasteiger charge is -2.21. The minimum Gasteiger partial charge on any atom is -0.395 e. The van der Waals surface area contributed by atoms with E-state index in [1.165, 1.54) is 16.7 Å². The molecule has 1 heterocycles. The van der Waals surface area contributed by atoms with Gasteiger partial charge in [0, 0.05) is 31.1 Å². The summed E-state index contributed by atoms with van der Waals surface area (Å²) < 4.78 is 0.432. The van der Waals surface area contributed by atoms with E-state index >= 15 is 0 Å². The molecule has 1 saturated heterocycles. The van der Waals surface area contributed by atoms with E-state index in [9.17, 15) is 9.59 Å². The molecular formula is C17H19ClN2O3S2. The van der Waals surface area contributed by atoms with Gasteiger partial charge in [-0.1, -0.05) is 53.8 Å². The number of benzene rings is 1. The van der Waals surface area contributed by atoms with Gasteiger partial charge in [0.15, 0.2) is 0 Å². The van der Waals surface area contributed by atoms with Crippen molar-refractivity contribution in [1.29, 1.82) is 0 Å². The van der Waals surface area contributed by atoms with E-state index in [-0.39, 0.29) is 31.4 Å². The molecule has 1 aliphatic heterocycles. The molecule has 0 spiro atoms. The van der Waals surface area contributed by atoms with E-state index < -0.39 is 0 Å². The Balaban J connectivity index is 2.04. The monoisotopic (exact) mass is 398 g/mol. The van der Waals surface area contributed by atoms with Crippen molar-refractivity contribution in [3.05, 3.63) is 39.8 Å². The Morgan fingerprint density at radius 2 is 2.16 bits per heavy atom. The molecule has 5 nitrogen and oxygen atoms in total. The van der Waals surface area contributed by atoms with Crippen LogP contribution in [0.3, 0.4) is 0 Å². The fourth-order valence-electron chi connectivity index (χ4n) is 2.37. The van der Waals surface area contributed by atoms with Crippen molar-refractivity contribution in [3.8, 4) is 0 Å². The summed E-state index contributed by atoms with van der Waals surface area (Å²) in [6.45, 7) is 2.80. The number of nitrogens with zero attached hydrogens (tertiary/aromatic N) is 2. The van der Waals surface area contributed by atoms with E-state index in [0.29, 0.717) is 27.3 Å². The minimum absolute atomic E-state index is 0.0821. The van der Waals surface area contributed by atoms with Crippen LogP contribution in [0.5, 0.6) is 0 Å². The third kappa shape index (κ3) is 5.04. The summed E-state index contributed by atoms with van der Waals surface area (Å²) in [5.41, 5.74) is 0.751. The summed E-state index contributed by atoms with van der Waals surface area (Å²) in [5.74, 6) is -0.325. The standard InChI is InChI=1S/C17H19ClN2O3S2/c1-2-19(9-10-21)15(22)7-8-20-16(23)14(25-17(20)24)11-12-5-3-4-6-13(12)18/h3-6,11,21H,2,7-10H2,1H3/b14-11+. The summed E-state index contributed by atoms with van der Waals surface area (Å²) in [6.07, 6.45) is 1.88. The molecule has 1 aromatic carbocycles. The van der Waals surface area contributed by atoms with Crippen molar-refractivity contribution in [2.75, 3.05) is 26.2 Å². The molecule has 1 fully saturated rings. The van der Waals surface area contributed by atoms with Crippen molar-refractivity contribution in [1.82, 2.24) is 9.80 Å². The topological polar surface area (TPSA) is 60.9 Å². The average Bonchev–Trinajstić information content (AvgIpc) is 2.86. The Kier molecular flexibility index (Phi) is 7.43. The number of thioether (sulfide) groups is 1. The van der Waals surface area contributed by atoms with Crippen LogP contribution >= 0.6 is 35.6 Å². The summed E-state index contributed by atoms with van der Waals surface area (Å²) >= 11 is 12.6. The van der Waals surface area contributed by atoms with Gasteiger partial charge in [-0.05, 0) is 24.6 Å². The van der Waals surface area contributed by atoms with Crippen LogP contribution in [0, 0.1) is 0 Å². The molecule has 134 valence electrons. The third-order valence-electron chi connectivity index (χ3n) is 3.72. The summed E-state index contributed by atoms with van der Waals surface area (Å²) in [4.78, 5) is 28.2. The number of likely N-dealkylation sites (N-methyl/N-ethyl adjacent to an activating group) is 1. The Hall–Kier alpha value is -1.41. The Morgan fingerprint density at radius 3 is 2.80 bits per heavy atom. The van der Waals surface area contributed by atoms with Crippen molar-refractivity contribution in [2.45, 2.75) is 13.3 Å². The van der Waals surface area contributed by atoms with Crippen LogP contribution in [-0.2, 0) is 9.59 Å². The predicted octanol–water partition coefficient (Wildman–Crippen LogP) is 2.77. The molecule has 0 radical (unpaired) electrons. The smallest absolute Gasteiger partial charge is 0.266 e. The van der Waals surface area contributed by atoms with Gasteiger partial charge in [0.2, 0.25) is 5.91 Å². The fourth-order valence-corrected chi connectivity index (χ4v) is 3.86. The summed E-state index contributed by atoms with van der Waals surface area (Å²) in [5, 5.41) is 9.54. The Labute approximate surface area is 161 Å². The van der Waals surface area contributed by atoms with Gasteiger partial charge in [0.05, 0.1) is 11.5 Å². The normalized spacial score (nSPS) is 16.0. The van der Waals surface area contributed by atoms with Gasteiger partial charge < -0.3 is 10.0 Å². The first-order valence-electron chi connectivity index (χ1n) is 7.86. The van der Waals surface area contributed by atoms with E-state index in [0.717, 1.165) is 5.56 Å². The number of hydrogen-bond acceptors (Lipinski definition) is 5. The highest BCUT2D eigenvalue weighted by atomic mass is 35.5. The molecule has 2 amide bonds. The van der Waals surface area contributed by atoms with Crippen LogP contribution < -0.4 is 0 Å².